The highest BCUT2D eigenvalue weighted by atomic mass is 35.5. The van der Waals surface area contributed by atoms with Crippen molar-refractivity contribution in [3.8, 4) is 0 Å². The van der Waals surface area contributed by atoms with Crippen molar-refractivity contribution in [3.63, 3.8) is 0 Å². The molecule has 0 heterocycles. The Kier molecular flexibility index (Phi) is 4.12. The molecule has 0 saturated heterocycles. The summed E-state index contributed by atoms with van der Waals surface area (Å²) < 4.78 is 39.4. The van der Waals surface area contributed by atoms with Crippen LogP contribution in [0.15, 0.2) is 36.4 Å². The summed E-state index contributed by atoms with van der Waals surface area (Å²) in [4.78, 5) is 0. The third-order valence-corrected chi connectivity index (χ3v) is 3.08. The van der Waals surface area contributed by atoms with Gasteiger partial charge in [-0.1, -0.05) is 23.7 Å². The number of hydrogen-bond donors (Lipinski definition) is 1. The molecule has 0 aliphatic heterocycles. The number of rotatable bonds is 3. The first kappa shape index (κ1) is 13.9. The molecule has 100 valence electrons. The van der Waals surface area contributed by atoms with Crippen LogP contribution < -0.4 is 0 Å². The number of aliphatic hydroxyl groups excluding tert-OH is 1. The van der Waals surface area contributed by atoms with Gasteiger partial charge in [-0.15, -0.1) is 0 Å². The van der Waals surface area contributed by atoms with Gasteiger partial charge in [-0.3, -0.25) is 0 Å². The molecule has 1 N–H and O–H groups in total. The largest absolute Gasteiger partial charge is 0.388 e. The maximum Gasteiger partial charge on any atom is 0.159 e. The van der Waals surface area contributed by atoms with Gasteiger partial charge >= 0.3 is 0 Å². The van der Waals surface area contributed by atoms with Crippen LogP contribution in [-0.2, 0) is 6.42 Å². The fourth-order valence-corrected chi connectivity index (χ4v) is 2.11. The number of hydrogen-bond acceptors (Lipinski definition) is 1. The van der Waals surface area contributed by atoms with E-state index in [0.29, 0.717) is 5.56 Å². The van der Waals surface area contributed by atoms with E-state index in [-0.39, 0.29) is 17.0 Å². The molecule has 2 aromatic rings. The van der Waals surface area contributed by atoms with Crippen molar-refractivity contribution in [2.45, 2.75) is 12.5 Å². The van der Waals surface area contributed by atoms with Crippen molar-refractivity contribution in [1.29, 1.82) is 0 Å². The van der Waals surface area contributed by atoms with Crippen LogP contribution in [0.2, 0.25) is 5.02 Å². The van der Waals surface area contributed by atoms with Crippen LogP contribution in [0.5, 0.6) is 0 Å². The molecule has 1 atom stereocenters. The zero-order valence-electron chi connectivity index (χ0n) is 9.71. The fraction of sp³-hybridized carbons (Fsp3) is 0.143. The second kappa shape index (κ2) is 5.63. The summed E-state index contributed by atoms with van der Waals surface area (Å²) in [6, 6.07) is 7.31. The van der Waals surface area contributed by atoms with Gasteiger partial charge in [-0.25, -0.2) is 13.2 Å². The second-order valence-electron chi connectivity index (χ2n) is 4.10. The Morgan fingerprint density at radius 1 is 1.00 bits per heavy atom. The third kappa shape index (κ3) is 3.08. The molecule has 0 fully saturated rings. The average Bonchev–Trinajstić information content (AvgIpc) is 2.33. The monoisotopic (exact) mass is 286 g/mol. The molecule has 0 aliphatic rings. The second-order valence-corrected chi connectivity index (χ2v) is 4.51. The molecule has 0 aromatic heterocycles. The molecule has 0 radical (unpaired) electrons. The first-order chi connectivity index (χ1) is 8.99. The van der Waals surface area contributed by atoms with Crippen LogP contribution >= 0.6 is 11.6 Å². The number of halogens is 4. The predicted octanol–water partition coefficient (Wildman–Crippen LogP) is 4.03. The lowest BCUT2D eigenvalue weighted by molar-refractivity contribution is 0.173. The molecule has 1 unspecified atom stereocenters. The van der Waals surface area contributed by atoms with E-state index in [2.05, 4.69) is 0 Å². The van der Waals surface area contributed by atoms with Crippen LogP contribution in [0.25, 0.3) is 0 Å². The van der Waals surface area contributed by atoms with Gasteiger partial charge < -0.3 is 5.11 Å². The highest BCUT2D eigenvalue weighted by molar-refractivity contribution is 6.31. The molecule has 5 heteroatoms. The highest BCUT2D eigenvalue weighted by Crippen LogP contribution is 2.28. The summed E-state index contributed by atoms with van der Waals surface area (Å²) >= 11 is 5.81. The van der Waals surface area contributed by atoms with Crippen molar-refractivity contribution in [2.75, 3.05) is 0 Å². The Morgan fingerprint density at radius 3 is 2.37 bits per heavy atom. The first-order valence-electron chi connectivity index (χ1n) is 5.55. The molecule has 0 aliphatic carbocycles. The maximum atomic E-state index is 13.6. The van der Waals surface area contributed by atoms with E-state index < -0.39 is 23.6 Å². The fourth-order valence-electron chi connectivity index (χ4n) is 1.82. The van der Waals surface area contributed by atoms with Crippen molar-refractivity contribution < 1.29 is 18.3 Å². The van der Waals surface area contributed by atoms with Gasteiger partial charge in [0.1, 0.15) is 5.82 Å². The van der Waals surface area contributed by atoms with Gasteiger partial charge in [-0.2, -0.15) is 0 Å². The Labute approximate surface area is 113 Å². The smallest absolute Gasteiger partial charge is 0.159 e. The van der Waals surface area contributed by atoms with Gasteiger partial charge in [-0.05, 0) is 29.8 Å². The Balaban J connectivity index is 2.25. The molecular formula is C14H10ClF3O. The van der Waals surface area contributed by atoms with Crippen molar-refractivity contribution >= 4 is 11.6 Å². The Hall–Kier alpha value is -1.52. The zero-order valence-corrected chi connectivity index (χ0v) is 10.5. The molecule has 0 saturated carbocycles. The van der Waals surface area contributed by atoms with Crippen molar-refractivity contribution in [3.05, 3.63) is 70.0 Å². The lowest BCUT2D eigenvalue weighted by Gasteiger charge is -2.13. The summed E-state index contributed by atoms with van der Waals surface area (Å²) in [5.74, 6) is -2.62. The summed E-state index contributed by atoms with van der Waals surface area (Å²) in [6.45, 7) is 0. The van der Waals surface area contributed by atoms with E-state index in [4.69, 9.17) is 11.6 Å². The predicted molar refractivity (Wildman–Crippen MR) is 66.4 cm³/mol. The maximum absolute atomic E-state index is 13.6. The van der Waals surface area contributed by atoms with Crippen LogP contribution in [0.4, 0.5) is 13.2 Å². The van der Waals surface area contributed by atoms with E-state index in [0.717, 1.165) is 12.1 Å². The normalized spacial score (nSPS) is 12.5. The van der Waals surface area contributed by atoms with Gasteiger partial charge in [0.2, 0.25) is 0 Å². The minimum atomic E-state index is -1.22. The summed E-state index contributed by atoms with van der Waals surface area (Å²) in [6.07, 6.45) is -1.28. The lowest BCUT2D eigenvalue weighted by atomic mass is 10.0. The topological polar surface area (TPSA) is 20.2 Å². The van der Waals surface area contributed by atoms with Gasteiger partial charge in [0.15, 0.2) is 11.6 Å². The van der Waals surface area contributed by atoms with Crippen molar-refractivity contribution in [1.82, 2.24) is 0 Å². The molecule has 0 amide bonds. The highest BCUT2D eigenvalue weighted by Gasteiger charge is 2.17. The molecule has 0 spiro atoms. The SMILES string of the molecule is OC(Cc1ccc(F)c(F)c1)c1c(F)cccc1Cl. The summed E-state index contributed by atoms with van der Waals surface area (Å²) in [5.41, 5.74) is 0.305. The van der Waals surface area contributed by atoms with E-state index in [9.17, 15) is 18.3 Å². The average molecular weight is 287 g/mol. The van der Waals surface area contributed by atoms with Gasteiger partial charge in [0.05, 0.1) is 6.10 Å². The Bertz CT molecular complexity index is 581. The van der Waals surface area contributed by atoms with Crippen LogP contribution in [0.1, 0.15) is 17.2 Å². The molecule has 2 aromatic carbocycles. The minimum absolute atomic E-state index is 0.0473. The van der Waals surface area contributed by atoms with E-state index in [1.807, 2.05) is 0 Å². The van der Waals surface area contributed by atoms with E-state index in [1.165, 1.54) is 24.3 Å². The van der Waals surface area contributed by atoms with Crippen LogP contribution in [0, 0.1) is 17.5 Å². The number of aliphatic hydroxyl groups is 1. The molecular weight excluding hydrogens is 277 g/mol. The lowest BCUT2D eigenvalue weighted by Crippen LogP contribution is -2.06. The molecule has 2 rings (SSSR count). The van der Waals surface area contributed by atoms with E-state index in [1.54, 1.807) is 0 Å². The summed E-state index contributed by atoms with van der Waals surface area (Å²) in [5, 5.41) is 10.0. The summed E-state index contributed by atoms with van der Waals surface area (Å²) in [7, 11) is 0. The quantitative estimate of drug-likeness (QED) is 0.903. The molecule has 19 heavy (non-hydrogen) atoms. The Morgan fingerprint density at radius 2 is 1.74 bits per heavy atom. The first-order valence-corrected chi connectivity index (χ1v) is 5.92. The molecule has 1 nitrogen and oxygen atoms in total. The van der Waals surface area contributed by atoms with E-state index >= 15 is 0 Å². The standard InChI is InChI=1S/C14H10ClF3O/c15-9-2-1-3-11(17)14(9)13(19)7-8-4-5-10(16)12(18)6-8/h1-6,13,19H,7H2. The van der Waals surface area contributed by atoms with Crippen LogP contribution in [0.3, 0.4) is 0 Å². The van der Waals surface area contributed by atoms with Gasteiger partial charge in [0.25, 0.3) is 0 Å². The van der Waals surface area contributed by atoms with Gasteiger partial charge in [0, 0.05) is 17.0 Å². The molecule has 0 bridgehead atoms. The van der Waals surface area contributed by atoms with Crippen LogP contribution in [-0.4, -0.2) is 5.11 Å². The third-order valence-electron chi connectivity index (χ3n) is 2.75. The minimum Gasteiger partial charge on any atom is -0.388 e. The van der Waals surface area contributed by atoms with Crippen molar-refractivity contribution in [2.24, 2.45) is 0 Å². The zero-order chi connectivity index (χ0) is 14.0. The number of benzene rings is 2.